The number of carbonyl (C=O) groups excluding carboxylic acids is 1. The molecule has 1 amide bonds. The summed E-state index contributed by atoms with van der Waals surface area (Å²) in [4.78, 5) is 12.0. The lowest BCUT2D eigenvalue weighted by Crippen LogP contribution is -2.51. The van der Waals surface area contributed by atoms with Gasteiger partial charge in [0, 0.05) is 10.6 Å². The molecule has 4 nitrogen and oxygen atoms in total. The molecule has 0 saturated heterocycles. The fourth-order valence-corrected chi connectivity index (χ4v) is 2.51. The van der Waals surface area contributed by atoms with Crippen molar-refractivity contribution in [1.82, 2.24) is 5.43 Å². The molecule has 0 atom stereocenters. The van der Waals surface area contributed by atoms with Gasteiger partial charge in [-0.2, -0.15) is 0 Å². The Bertz CT molecular complexity index is 444. The summed E-state index contributed by atoms with van der Waals surface area (Å²) in [6.07, 6.45) is 2.54. The van der Waals surface area contributed by atoms with Gasteiger partial charge in [-0.1, -0.05) is 18.0 Å². The van der Waals surface area contributed by atoms with Crippen molar-refractivity contribution >= 4 is 17.5 Å². The van der Waals surface area contributed by atoms with Gasteiger partial charge in [-0.05, 0) is 31.0 Å². The smallest absolute Gasteiger partial charge is 0.244 e. The third-order valence-electron chi connectivity index (χ3n) is 3.45. The van der Waals surface area contributed by atoms with Crippen molar-refractivity contribution in [2.75, 3.05) is 7.11 Å². The molecule has 1 aliphatic carbocycles. The molecule has 0 unspecified atom stereocenters. The molecular formula is C12H15ClN2O2. The van der Waals surface area contributed by atoms with Crippen LogP contribution in [-0.2, 0) is 10.2 Å². The number of nitrogens with two attached hydrogens (primary N) is 1. The Hall–Kier alpha value is -1.26. The number of hydrogen-bond donors (Lipinski definition) is 2. The molecule has 1 fully saturated rings. The van der Waals surface area contributed by atoms with Gasteiger partial charge in [0.2, 0.25) is 5.91 Å². The van der Waals surface area contributed by atoms with Gasteiger partial charge >= 0.3 is 0 Å². The zero-order chi connectivity index (χ0) is 12.5. The number of halogens is 1. The summed E-state index contributed by atoms with van der Waals surface area (Å²) >= 11 is 5.99. The Kier molecular flexibility index (Phi) is 3.26. The highest BCUT2D eigenvalue weighted by Gasteiger charge is 2.47. The summed E-state index contributed by atoms with van der Waals surface area (Å²) in [5.41, 5.74) is 2.48. The van der Waals surface area contributed by atoms with Crippen LogP contribution in [0.3, 0.4) is 0 Å². The van der Waals surface area contributed by atoms with Crippen molar-refractivity contribution < 1.29 is 9.53 Å². The quantitative estimate of drug-likeness (QED) is 0.491. The molecule has 0 spiro atoms. The molecule has 0 bridgehead atoms. The van der Waals surface area contributed by atoms with Crippen molar-refractivity contribution in [3.05, 3.63) is 28.8 Å². The van der Waals surface area contributed by atoms with Gasteiger partial charge < -0.3 is 4.74 Å². The average Bonchev–Trinajstić information content (AvgIpc) is 2.27. The molecule has 0 radical (unpaired) electrons. The highest BCUT2D eigenvalue weighted by Crippen LogP contribution is 2.47. The topological polar surface area (TPSA) is 64.3 Å². The fourth-order valence-electron chi connectivity index (χ4n) is 2.34. The van der Waals surface area contributed by atoms with E-state index in [2.05, 4.69) is 5.43 Å². The molecular weight excluding hydrogens is 240 g/mol. The monoisotopic (exact) mass is 254 g/mol. The normalized spacial score (nSPS) is 17.1. The van der Waals surface area contributed by atoms with Crippen molar-refractivity contribution in [1.29, 1.82) is 0 Å². The van der Waals surface area contributed by atoms with Gasteiger partial charge in [0.25, 0.3) is 0 Å². The number of nitrogens with one attached hydrogen (secondary N) is 1. The number of benzene rings is 1. The van der Waals surface area contributed by atoms with E-state index in [1.807, 2.05) is 0 Å². The Morgan fingerprint density at radius 1 is 1.53 bits per heavy atom. The van der Waals surface area contributed by atoms with Crippen LogP contribution in [0.25, 0.3) is 0 Å². The predicted molar refractivity (Wildman–Crippen MR) is 65.9 cm³/mol. The minimum atomic E-state index is -0.578. The van der Waals surface area contributed by atoms with Gasteiger partial charge in [-0.3, -0.25) is 10.2 Å². The molecule has 0 aromatic heterocycles. The maximum absolute atomic E-state index is 12.0. The van der Waals surface area contributed by atoms with Crippen LogP contribution in [0.2, 0.25) is 5.02 Å². The van der Waals surface area contributed by atoms with Crippen LogP contribution in [0.1, 0.15) is 24.8 Å². The van der Waals surface area contributed by atoms with E-state index in [1.165, 1.54) is 0 Å². The van der Waals surface area contributed by atoms with E-state index < -0.39 is 5.41 Å². The first-order chi connectivity index (χ1) is 8.14. The van der Waals surface area contributed by atoms with Crippen LogP contribution < -0.4 is 16.0 Å². The van der Waals surface area contributed by atoms with E-state index in [4.69, 9.17) is 22.2 Å². The Labute approximate surface area is 105 Å². The van der Waals surface area contributed by atoms with Crippen LogP contribution in [0.5, 0.6) is 5.75 Å². The minimum Gasteiger partial charge on any atom is -0.496 e. The number of carbonyl (C=O) groups is 1. The highest BCUT2D eigenvalue weighted by atomic mass is 35.5. The summed E-state index contributed by atoms with van der Waals surface area (Å²) in [6.45, 7) is 0. The number of methoxy groups -OCH3 is 1. The van der Waals surface area contributed by atoms with Gasteiger partial charge in [-0.15, -0.1) is 0 Å². The van der Waals surface area contributed by atoms with E-state index in [-0.39, 0.29) is 5.91 Å². The second-order valence-electron chi connectivity index (χ2n) is 4.25. The molecule has 1 saturated carbocycles. The first-order valence-corrected chi connectivity index (χ1v) is 5.87. The van der Waals surface area contributed by atoms with E-state index in [9.17, 15) is 4.79 Å². The van der Waals surface area contributed by atoms with Crippen molar-refractivity contribution in [2.24, 2.45) is 5.84 Å². The van der Waals surface area contributed by atoms with E-state index in [0.717, 1.165) is 24.8 Å². The Morgan fingerprint density at radius 2 is 2.24 bits per heavy atom. The predicted octanol–water partition coefficient (Wildman–Crippen LogP) is 1.76. The van der Waals surface area contributed by atoms with Crippen LogP contribution in [0, 0.1) is 0 Å². The highest BCUT2D eigenvalue weighted by molar-refractivity contribution is 6.30. The fraction of sp³-hybridized carbons (Fsp3) is 0.417. The van der Waals surface area contributed by atoms with Crippen LogP contribution in [0.4, 0.5) is 0 Å². The molecule has 92 valence electrons. The zero-order valence-electron chi connectivity index (χ0n) is 9.63. The van der Waals surface area contributed by atoms with Gasteiger partial charge in [-0.25, -0.2) is 5.84 Å². The van der Waals surface area contributed by atoms with E-state index in [0.29, 0.717) is 10.8 Å². The summed E-state index contributed by atoms with van der Waals surface area (Å²) < 4.78 is 5.30. The summed E-state index contributed by atoms with van der Waals surface area (Å²) in [6, 6.07) is 5.31. The standard InChI is InChI=1S/C12H15ClN2O2/c1-17-10-4-3-8(13)7-9(10)12(5-2-6-12)11(16)15-14/h3-4,7H,2,5-6,14H2,1H3,(H,15,16). The lowest BCUT2D eigenvalue weighted by molar-refractivity contribution is -0.130. The zero-order valence-corrected chi connectivity index (χ0v) is 10.4. The van der Waals surface area contributed by atoms with Crippen molar-refractivity contribution in [2.45, 2.75) is 24.7 Å². The first-order valence-electron chi connectivity index (χ1n) is 5.49. The van der Waals surface area contributed by atoms with Crippen molar-refractivity contribution in [3.8, 4) is 5.75 Å². The molecule has 5 heteroatoms. The summed E-state index contributed by atoms with van der Waals surface area (Å²) in [5.74, 6) is 5.76. The van der Waals surface area contributed by atoms with Crippen molar-refractivity contribution in [3.63, 3.8) is 0 Å². The molecule has 1 aromatic rings. The number of hydrogen-bond acceptors (Lipinski definition) is 3. The number of amides is 1. The van der Waals surface area contributed by atoms with Gasteiger partial charge in [0.1, 0.15) is 5.75 Å². The lowest BCUT2D eigenvalue weighted by atomic mass is 9.63. The van der Waals surface area contributed by atoms with Crippen LogP contribution in [0.15, 0.2) is 18.2 Å². The number of rotatable bonds is 3. The minimum absolute atomic E-state index is 0.177. The van der Waals surface area contributed by atoms with E-state index >= 15 is 0 Å². The van der Waals surface area contributed by atoms with E-state index in [1.54, 1.807) is 25.3 Å². The van der Waals surface area contributed by atoms with Crippen LogP contribution >= 0.6 is 11.6 Å². The van der Waals surface area contributed by atoms with Crippen LogP contribution in [-0.4, -0.2) is 13.0 Å². The Morgan fingerprint density at radius 3 is 2.71 bits per heavy atom. The Balaban J connectivity index is 2.50. The molecule has 0 aliphatic heterocycles. The lowest BCUT2D eigenvalue weighted by Gasteiger charge is -2.40. The molecule has 0 heterocycles. The molecule has 1 aliphatic rings. The second kappa shape index (κ2) is 4.55. The molecule has 17 heavy (non-hydrogen) atoms. The third-order valence-corrected chi connectivity index (χ3v) is 3.69. The molecule has 2 rings (SSSR count). The third kappa shape index (κ3) is 1.87. The van der Waals surface area contributed by atoms with Gasteiger partial charge in [0.15, 0.2) is 0 Å². The maximum atomic E-state index is 12.0. The maximum Gasteiger partial charge on any atom is 0.244 e. The SMILES string of the molecule is COc1ccc(Cl)cc1C1(C(=O)NN)CCC1. The number of ether oxygens (including phenoxy) is 1. The molecule has 3 N–H and O–H groups in total. The number of hydrazine groups is 1. The summed E-state index contributed by atoms with van der Waals surface area (Å²) in [5, 5.41) is 0.594. The second-order valence-corrected chi connectivity index (χ2v) is 4.69. The largest absolute Gasteiger partial charge is 0.496 e. The average molecular weight is 255 g/mol. The van der Waals surface area contributed by atoms with Gasteiger partial charge in [0.05, 0.1) is 12.5 Å². The summed E-state index contributed by atoms with van der Waals surface area (Å²) in [7, 11) is 1.58. The molecule has 1 aromatic carbocycles. The first kappa shape index (κ1) is 12.2.